The lowest BCUT2D eigenvalue weighted by Crippen LogP contribution is -2.45. The van der Waals surface area contributed by atoms with Gasteiger partial charge in [0.1, 0.15) is 0 Å². The van der Waals surface area contributed by atoms with E-state index in [4.69, 9.17) is 5.11 Å². The summed E-state index contributed by atoms with van der Waals surface area (Å²) in [6, 6.07) is -0.179. The maximum absolute atomic E-state index is 12.6. The van der Waals surface area contributed by atoms with E-state index in [2.05, 4.69) is 20.8 Å². The lowest BCUT2D eigenvalue weighted by molar-refractivity contribution is -0.142. The van der Waals surface area contributed by atoms with Crippen LogP contribution in [-0.4, -0.2) is 52.6 Å². The molecule has 5 nitrogen and oxygen atoms in total. The molecule has 0 aromatic rings. The number of carboxylic acids is 1. The molecular weight excluding hydrogens is 256 g/mol. The largest absolute Gasteiger partial charge is 0.481 e. The molecule has 0 bridgehead atoms. The van der Waals surface area contributed by atoms with Crippen molar-refractivity contribution in [2.75, 3.05) is 19.6 Å². The molecule has 2 aliphatic heterocycles. The first-order chi connectivity index (χ1) is 9.21. The summed E-state index contributed by atoms with van der Waals surface area (Å²) in [5, 5.41) is 9.15. The van der Waals surface area contributed by atoms with Crippen molar-refractivity contribution in [1.29, 1.82) is 0 Å². The average molecular weight is 282 g/mol. The number of hydrogen-bond acceptors (Lipinski definition) is 2. The van der Waals surface area contributed by atoms with E-state index in [1.165, 1.54) is 0 Å². The monoisotopic (exact) mass is 282 g/mol. The Morgan fingerprint density at radius 1 is 1.15 bits per heavy atom. The summed E-state index contributed by atoms with van der Waals surface area (Å²) in [5.74, 6) is -0.679. The number of amides is 2. The van der Waals surface area contributed by atoms with Crippen molar-refractivity contribution in [3.8, 4) is 0 Å². The van der Waals surface area contributed by atoms with E-state index >= 15 is 0 Å². The fourth-order valence-electron chi connectivity index (χ4n) is 3.36. The minimum absolute atomic E-state index is 0.0213. The zero-order valence-electron chi connectivity index (χ0n) is 12.9. The van der Waals surface area contributed by atoms with Gasteiger partial charge in [-0.1, -0.05) is 20.8 Å². The van der Waals surface area contributed by atoms with Gasteiger partial charge in [0.2, 0.25) is 0 Å². The van der Waals surface area contributed by atoms with Crippen molar-refractivity contribution in [3.63, 3.8) is 0 Å². The summed E-state index contributed by atoms with van der Waals surface area (Å²) in [7, 11) is 0. The molecule has 2 fully saturated rings. The quantitative estimate of drug-likeness (QED) is 0.802. The van der Waals surface area contributed by atoms with E-state index in [1.54, 1.807) is 4.90 Å². The first kappa shape index (κ1) is 15.1. The van der Waals surface area contributed by atoms with Gasteiger partial charge in [-0.2, -0.15) is 0 Å². The number of likely N-dealkylation sites (tertiary alicyclic amines) is 2. The zero-order chi connectivity index (χ0) is 15.1. The number of hydrogen-bond donors (Lipinski definition) is 1. The van der Waals surface area contributed by atoms with Gasteiger partial charge in [0.25, 0.3) is 0 Å². The highest BCUT2D eigenvalue weighted by atomic mass is 16.4. The van der Waals surface area contributed by atoms with Crippen LogP contribution in [0.5, 0.6) is 0 Å². The summed E-state index contributed by atoms with van der Waals surface area (Å²) in [6.07, 6.45) is 1.61. The third kappa shape index (κ3) is 2.76. The van der Waals surface area contributed by atoms with E-state index in [-0.39, 0.29) is 17.5 Å². The number of rotatable bonds is 1. The highest BCUT2D eigenvalue weighted by Crippen LogP contribution is 2.35. The molecule has 20 heavy (non-hydrogen) atoms. The maximum atomic E-state index is 12.6. The predicted molar refractivity (Wildman–Crippen MR) is 76.4 cm³/mol. The fourth-order valence-corrected chi connectivity index (χ4v) is 3.36. The van der Waals surface area contributed by atoms with Crippen LogP contribution in [0.3, 0.4) is 0 Å². The van der Waals surface area contributed by atoms with Crippen LogP contribution in [0.15, 0.2) is 0 Å². The summed E-state index contributed by atoms with van der Waals surface area (Å²) in [5.41, 5.74) is 0.218. The molecule has 0 saturated carbocycles. The van der Waals surface area contributed by atoms with Crippen molar-refractivity contribution < 1.29 is 14.7 Å². The minimum Gasteiger partial charge on any atom is -0.481 e. The molecule has 0 radical (unpaired) electrons. The van der Waals surface area contributed by atoms with Crippen molar-refractivity contribution in [2.45, 2.75) is 46.6 Å². The summed E-state index contributed by atoms with van der Waals surface area (Å²) in [6.45, 7) is 10.6. The smallest absolute Gasteiger partial charge is 0.320 e. The van der Waals surface area contributed by atoms with Crippen molar-refractivity contribution in [3.05, 3.63) is 0 Å². The Labute approximate surface area is 120 Å². The Hall–Kier alpha value is -1.26. The van der Waals surface area contributed by atoms with Crippen LogP contribution in [0.1, 0.15) is 40.5 Å². The van der Waals surface area contributed by atoms with Crippen molar-refractivity contribution >= 4 is 12.0 Å². The second kappa shape index (κ2) is 5.26. The van der Waals surface area contributed by atoms with E-state index < -0.39 is 11.9 Å². The SMILES string of the molecule is CC1C(C(=O)O)CCN1C(=O)N1CCC(C(C)(C)C)C1. The molecular formula is C15H26N2O3. The molecule has 2 amide bonds. The molecule has 1 N–H and O–H groups in total. The van der Waals surface area contributed by atoms with Gasteiger partial charge in [-0.25, -0.2) is 4.79 Å². The second-order valence-electron chi connectivity index (χ2n) is 7.25. The van der Waals surface area contributed by atoms with Crippen LogP contribution >= 0.6 is 0 Å². The van der Waals surface area contributed by atoms with Gasteiger partial charge in [-0.3, -0.25) is 4.79 Å². The molecule has 0 aromatic heterocycles. The molecule has 5 heteroatoms. The van der Waals surface area contributed by atoms with Gasteiger partial charge in [-0.15, -0.1) is 0 Å². The van der Waals surface area contributed by atoms with Gasteiger partial charge in [0.05, 0.1) is 5.92 Å². The Balaban J connectivity index is 1.98. The molecule has 2 aliphatic rings. The number of aliphatic carboxylic acids is 1. The van der Waals surface area contributed by atoms with Crippen LogP contribution in [0.25, 0.3) is 0 Å². The molecule has 2 saturated heterocycles. The number of nitrogens with zero attached hydrogens (tertiary/aromatic N) is 2. The minimum atomic E-state index is -0.790. The van der Waals surface area contributed by atoms with Crippen LogP contribution < -0.4 is 0 Å². The third-order valence-electron chi connectivity index (χ3n) is 5.00. The Morgan fingerprint density at radius 2 is 1.80 bits per heavy atom. The predicted octanol–water partition coefficient (Wildman–Crippen LogP) is 2.27. The first-order valence-corrected chi connectivity index (χ1v) is 7.50. The number of carboxylic acid groups (broad SMARTS) is 1. The molecule has 0 aromatic carbocycles. The standard InChI is InChI=1S/C15H26N2O3/c1-10-12(13(18)19)6-8-17(10)14(20)16-7-5-11(9-16)15(2,3)4/h10-12H,5-9H2,1-4H3,(H,18,19). The average Bonchev–Trinajstić information content (AvgIpc) is 2.93. The lowest BCUT2D eigenvalue weighted by atomic mass is 9.80. The lowest BCUT2D eigenvalue weighted by Gasteiger charge is -2.30. The van der Waals surface area contributed by atoms with Crippen LogP contribution in [0.4, 0.5) is 4.79 Å². The van der Waals surface area contributed by atoms with Crippen LogP contribution in [0.2, 0.25) is 0 Å². The van der Waals surface area contributed by atoms with E-state index in [1.807, 2.05) is 11.8 Å². The van der Waals surface area contributed by atoms with Crippen LogP contribution in [0, 0.1) is 17.3 Å². The van der Waals surface area contributed by atoms with Gasteiger partial charge in [0.15, 0.2) is 0 Å². The van der Waals surface area contributed by atoms with Gasteiger partial charge >= 0.3 is 12.0 Å². The summed E-state index contributed by atoms with van der Waals surface area (Å²) < 4.78 is 0. The molecule has 0 aliphatic carbocycles. The molecule has 2 heterocycles. The van der Waals surface area contributed by atoms with E-state index in [9.17, 15) is 9.59 Å². The van der Waals surface area contributed by atoms with Crippen molar-refractivity contribution in [1.82, 2.24) is 9.80 Å². The topological polar surface area (TPSA) is 60.9 Å². The molecule has 3 atom stereocenters. The zero-order valence-corrected chi connectivity index (χ0v) is 12.9. The van der Waals surface area contributed by atoms with E-state index in [0.29, 0.717) is 18.9 Å². The molecule has 3 unspecified atom stereocenters. The van der Waals surface area contributed by atoms with Gasteiger partial charge < -0.3 is 14.9 Å². The number of carbonyl (C=O) groups is 2. The Kier molecular flexibility index (Phi) is 3.98. The fraction of sp³-hybridized carbons (Fsp3) is 0.867. The molecule has 2 rings (SSSR count). The molecule has 114 valence electrons. The van der Waals surface area contributed by atoms with Gasteiger partial charge in [0, 0.05) is 25.7 Å². The van der Waals surface area contributed by atoms with Gasteiger partial charge in [-0.05, 0) is 31.1 Å². The first-order valence-electron chi connectivity index (χ1n) is 7.50. The Morgan fingerprint density at radius 3 is 2.25 bits per heavy atom. The highest BCUT2D eigenvalue weighted by molar-refractivity contribution is 5.78. The van der Waals surface area contributed by atoms with Crippen LogP contribution in [-0.2, 0) is 4.79 Å². The summed E-state index contributed by atoms with van der Waals surface area (Å²) in [4.78, 5) is 27.3. The third-order valence-corrected chi connectivity index (χ3v) is 5.00. The normalized spacial score (nSPS) is 30.9. The van der Waals surface area contributed by atoms with E-state index in [0.717, 1.165) is 19.5 Å². The molecule has 0 spiro atoms. The Bertz CT molecular complexity index is 402. The summed E-state index contributed by atoms with van der Waals surface area (Å²) >= 11 is 0. The van der Waals surface area contributed by atoms with Crippen molar-refractivity contribution in [2.24, 2.45) is 17.3 Å². The highest BCUT2D eigenvalue weighted by Gasteiger charge is 2.42. The number of carbonyl (C=O) groups excluding carboxylic acids is 1. The number of urea groups is 1. The maximum Gasteiger partial charge on any atom is 0.320 e. The second-order valence-corrected chi connectivity index (χ2v) is 7.25.